The minimum Gasteiger partial charge on any atom is -0.441 e. The van der Waals surface area contributed by atoms with E-state index in [0.29, 0.717) is 0 Å². The summed E-state index contributed by atoms with van der Waals surface area (Å²) < 4.78 is 5.40. The normalized spacial score (nSPS) is 18.1. The summed E-state index contributed by atoms with van der Waals surface area (Å²) in [6, 6.07) is 14.6. The Labute approximate surface area is 146 Å². The molecule has 4 nitrogen and oxygen atoms in total. The van der Waals surface area contributed by atoms with Crippen LogP contribution in [-0.4, -0.2) is 11.1 Å². The second-order valence-electron chi connectivity index (χ2n) is 7.30. The number of pyridine rings is 1. The van der Waals surface area contributed by atoms with Gasteiger partial charge in [0.2, 0.25) is 0 Å². The number of nitrogens with two attached hydrogens (primary N) is 1. The van der Waals surface area contributed by atoms with Gasteiger partial charge in [-0.2, -0.15) is 0 Å². The molecule has 0 spiro atoms. The van der Waals surface area contributed by atoms with Crippen LogP contribution in [0.4, 0.5) is 4.79 Å². The molecular formula is C21H20N2O2. The fourth-order valence-corrected chi connectivity index (χ4v) is 3.90. The number of benzene rings is 2. The van der Waals surface area contributed by atoms with Gasteiger partial charge < -0.3 is 10.5 Å². The summed E-state index contributed by atoms with van der Waals surface area (Å²) in [6.07, 6.45) is 3.52. The number of primary amides is 1. The number of fused-ring (bicyclic) bond motifs is 2. The molecule has 126 valence electrons. The first-order valence-corrected chi connectivity index (χ1v) is 8.38. The van der Waals surface area contributed by atoms with Gasteiger partial charge in [0.05, 0.1) is 0 Å². The lowest BCUT2D eigenvalue weighted by atomic mass is 9.87. The zero-order valence-corrected chi connectivity index (χ0v) is 14.3. The number of amides is 1. The van der Waals surface area contributed by atoms with Crippen molar-refractivity contribution in [1.82, 2.24) is 4.98 Å². The van der Waals surface area contributed by atoms with Crippen LogP contribution < -0.4 is 5.73 Å². The predicted molar refractivity (Wildman–Crippen MR) is 98.1 cm³/mol. The van der Waals surface area contributed by atoms with Crippen LogP contribution in [0.25, 0.3) is 21.9 Å². The van der Waals surface area contributed by atoms with Gasteiger partial charge in [-0.15, -0.1) is 0 Å². The van der Waals surface area contributed by atoms with Gasteiger partial charge in [-0.25, -0.2) is 4.79 Å². The third-order valence-electron chi connectivity index (χ3n) is 5.01. The van der Waals surface area contributed by atoms with Crippen molar-refractivity contribution in [3.05, 3.63) is 66.0 Å². The van der Waals surface area contributed by atoms with Crippen LogP contribution in [-0.2, 0) is 11.2 Å². The number of carbonyl (C=O) groups is 1. The van der Waals surface area contributed by atoms with Crippen molar-refractivity contribution >= 4 is 16.9 Å². The maximum absolute atomic E-state index is 11.3. The highest BCUT2D eigenvalue weighted by Crippen LogP contribution is 2.48. The average molecular weight is 332 g/mol. The Balaban J connectivity index is 1.82. The fraction of sp³-hybridized carbons (Fsp3) is 0.238. The van der Waals surface area contributed by atoms with E-state index < -0.39 is 6.09 Å². The van der Waals surface area contributed by atoms with Crippen molar-refractivity contribution in [2.24, 2.45) is 11.1 Å². The second kappa shape index (κ2) is 5.59. The maximum Gasteiger partial charge on any atom is 0.405 e. The summed E-state index contributed by atoms with van der Waals surface area (Å²) in [6.45, 7) is 4.20. The van der Waals surface area contributed by atoms with Gasteiger partial charge in [0.1, 0.15) is 6.10 Å². The maximum atomic E-state index is 11.3. The molecule has 2 aromatic carbocycles. The number of hydrogen-bond acceptors (Lipinski definition) is 3. The summed E-state index contributed by atoms with van der Waals surface area (Å²) in [7, 11) is 0. The van der Waals surface area contributed by atoms with Crippen molar-refractivity contribution in [2.75, 3.05) is 0 Å². The van der Waals surface area contributed by atoms with Crippen LogP contribution in [0.1, 0.15) is 31.1 Å². The Morgan fingerprint density at radius 3 is 2.88 bits per heavy atom. The SMILES string of the molecule is CC1(C)Cc2cc(-c3cccc4cnccc34)ccc2C1OC(N)=O. The lowest BCUT2D eigenvalue weighted by Crippen LogP contribution is -2.25. The van der Waals surface area contributed by atoms with Gasteiger partial charge in [0, 0.05) is 23.2 Å². The van der Waals surface area contributed by atoms with Crippen LogP contribution >= 0.6 is 0 Å². The van der Waals surface area contributed by atoms with Crippen LogP contribution in [0.15, 0.2) is 54.9 Å². The largest absolute Gasteiger partial charge is 0.441 e. The van der Waals surface area contributed by atoms with Crippen molar-refractivity contribution < 1.29 is 9.53 Å². The van der Waals surface area contributed by atoms with Gasteiger partial charge in [0.25, 0.3) is 0 Å². The molecule has 1 aliphatic carbocycles. The lowest BCUT2D eigenvalue weighted by molar-refractivity contribution is 0.0392. The molecule has 1 aliphatic rings. The molecule has 4 rings (SSSR count). The smallest absolute Gasteiger partial charge is 0.405 e. The third kappa shape index (κ3) is 2.64. The Hall–Kier alpha value is -2.88. The van der Waals surface area contributed by atoms with E-state index in [1.165, 1.54) is 16.5 Å². The van der Waals surface area contributed by atoms with Gasteiger partial charge >= 0.3 is 6.09 Å². The molecule has 0 radical (unpaired) electrons. The van der Waals surface area contributed by atoms with Crippen LogP contribution in [0.5, 0.6) is 0 Å². The molecule has 25 heavy (non-hydrogen) atoms. The fourth-order valence-electron chi connectivity index (χ4n) is 3.90. The standard InChI is InChI=1S/C21H20N2O2/c1-21(2)11-15-10-13(6-7-18(15)19(21)25-20(22)24)16-5-3-4-14-12-23-9-8-17(14)16/h3-10,12,19H,11H2,1-2H3,(H2,22,24). The molecule has 1 atom stereocenters. The van der Waals surface area contributed by atoms with Crippen molar-refractivity contribution in [1.29, 1.82) is 0 Å². The minimum atomic E-state index is -0.725. The van der Waals surface area contributed by atoms with Crippen LogP contribution in [0, 0.1) is 5.41 Å². The topological polar surface area (TPSA) is 65.2 Å². The third-order valence-corrected chi connectivity index (χ3v) is 5.01. The summed E-state index contributed by atoms with van der Waals surface area (Å²) in [5.74, 6) is 0. The quantitative estimate of drug-likeness (QED) is 0.744. The van der Waals surface area contributed by atoms with E-state index in [0.717, 1.165) is 22.9 Å². The molecule has 0 fully saturated rings. The van der Waals surface area contributed by atoms with E-state index in [4.69, 9.17) is 10.5 Å². The zero-order chi connectivity index (χ0) is 17.6. The number of carbonyl (C=O) groups excluding carboxylic acids is 1. The molecule has 1 aromatic heterocycles. The van der Waals surface area contributed by atoms with Crippen molar-refractivity contribution in [2.45, 2.75) is 26.4 Å². The molecule has 1 heterocycles. The first-order chi connectivity index (χ1) is 12.0. The molecule has 4 heteroatoms. The molecule has 2 N–H and O–H groups in total. The van der Waals surface area contributed by atoms with Gasteiger partial charge in [-0.3, -0.25) is 4.98 Å². The highest BCUT2D eigenvalue weighted by molar-refractivity contribution is 5.96. The molecule has 0 aliphatic heterocycles. The Kier molecular flexibility index (Phi) is 3.49. The highest BCUT2D eigenvalue weighted by Gasteiger charge is 2.41. The molecule has 3 aromatic rings. The van der Waals surface area contributed by atoms with Crippen molar-refractivity contribution in [3.8, 4) is 11.1 Å². The summed E-state index contributed by atoms with van der Waals surface area (Å²) >= 11 is 0. The molecule has 0 saturated carbocycles. The number of hydrogen-bond donors (Lipinski definition) is 1. The van der Waals surface area contributed by atoms with E-state index in [9.17, 15) is 4.79 Å². The predicted octanol–water partition coefficient (Wildman–Crippen LogP) is 4.62. The van der Waals surface area contributed by atoms with Gasteiger partial charge in [0.15, 0.2) is 0 Å². The first kappa shape index (κ1) is 15.6. The number of ether oxygens (including phenoxy) is 1. The number of rotatable bonds is 2. The molecule has 0 saturated heterocycles. The zero-order valence-electron chi connectivity index (χ0n) is 14.3. The van der Waals surface area contributed by atoms with Gasteiger partial charge in [-0.05, 0) is 40.1 Å². The molecule has 1 unspecified atom stereocenters. The summed E-state index contributed by atoms with van der Waals surface area (Å²) in [5, 5.41) is 2.30. The summed E-state index contributed by atoms with van der Waals surface area (Å²) in [4.78, 5) is 15.5. The highest BCUT2D eigenvalue weighted by atomic mass is 16.6. The Bertz CT molecular complexity index is 973. The minimum absolute atomic E-state index is 0.168. The van der Waals surface area contributed by atoms with E-state index in [2.05, 4.69) is 55.2 Å². The Morgan fingerprint density at radius 1 is 1.24 bits per heavy atom. The van der Waals surface area contributed by atoms with E-state index in [1.54, 1.807) is 0 Å². The van der Waals surface area contributed by atoms with Crippen LogP contribution in [0.2, 0.25) is 0 Å². The van der Waals surface area contributed by atoms with E-state index in [1.807, 2.05) is 18.5 Å². The summed E-state index contributed by atoms with van der Waals surface area (Å²) in [5.41, 5.74) is 9.70. The number of aromatic nitrogens is 1. The lowest BCUT2D eigenvalue weighted by Gasteiger charge is -2.26. The monoisotopic (exact) mass is 332 g/mol. The first-order valence-electron chi connectivity index (χ1n) is 8.38. The second-order valence-corrected chi connectivity index (χ2v) is 7.30. The molecule has 0 bridgehead atoms. The molecule has 1 amide bonds. The Morgan fingerprint density at radius 2 is 2.08 bits per heavy atom. The molecular weight excluding hydrogens is 312 g/mol. The van der Waals surface area contributed by atoms with Crippen LogP contribution in [0.3, 0.4) is 0 Å². The van der Waals surface area contributed by atoms with Crippen molar-refractivity contribution in [3.63, 3.8) is 0 Å². The van der Waals surface area contributed by atoms with E-state index in [-0.39, 0.29) is 11.5 Å². The number of nitrogens with zero attached hydrogens (tertiary/aromatic N) is 1. The average Bonchev–Trinajstić information content (AvgIpc) is 2.83. The van der Waals surface area contributed by atoms with Gasteiger partial charge in [-0.1, -0.05) is 50.2 Å². The van der Waals surface area contributed by atoms with E-state index >= 15 is 0 Å².